The molecule has 0 heterocycles. The van der Waals surface area contributed by atoms with Crippen molar-refractivity contribution >= 4 is 5.69 Å². The van der Waals surface area contributed by atoms with Crippen LogP contribution in [0.3, 0.4) is 0 Å². The Morgan fingerprint density at radius 1 is 1.17 bits per heavy atom. The average molecular weight is 316 g/mol. The minimum atomic E-state index is -0.440. The van der Waals surface area contributed by atoms with Crippen molar-refractivity contribution < 1.29 is 14.4 Å². The Bertz CT molecular complexity index is 701. The van der Waals surface area contributed by atoms with Crippen LogP contribution in [0.5, 0.6) is 11.5 Å². The maximum absolute atomic E-state index is 11.1. The van der Waals surface area contributed by atoms with Gasteiger partial charge < -0.3 is 15.2 Å². The molecule has 0 fully saturated rings. The van der Waals surface area contributed by atoms with Crippen LogP contribution in [0.1, 0.15) is 16.7 Å². The minimum absolute atomic E-state index is 0.0397. The van der Waals surface area contributed by atoms with Gasteiger partial charge in [-0.25, -0.2) is 0 Å². The van der Waals surface area contributed by atoms with Crippen molar-refractivity contribution in [1.82, 2.24) is 0 Å². The van der Waals surface area contributed by atoms with Crippen LogP contribution in [0, 0.1) is 17.0 Å². The second kappa shape index (κ2) is 7.60. The number of methoxy groups -OCH3 is 1. The predicted molar refractivity (Wildman–Crippen MR) is 87.9 cm³/mol. The van der Waals surface area contributed by atoms with Crippen LogP contribution < -0.4 is 15.2 Å². The van der Waals surface area contributed by atoms with Crippen LogP contribution in [0.4, 0.5) is 5.69 Å². The number of hydrogen-bond acceptors (Lipinski definition) is 5. The van der Waals surface area contributed by atoms with E-state index in [1.165, 1.54) is 6.07 Å². The van der Waals surface area contributed by atoms with E-state index in [1.807, 2.05) is 18.2 Å². The molecule has 2 rings (SSSR count). The molecule has 0 spiro atoms. The highest BCUT2D eigenvalue weighted by atomic mass is 16.6. The number of aryl methyl sites for hydroxylation is 1. The molecule has 2 aromatic rings. The smallest absolute Gasteiger partial charge is 0.311 e. The van der Waals surface area contributed by atoms with Crippen molar-refractivity contribution in [3.05, 3.63) is 63.2 Å². The summed E-state index contributed by atoms with van der Waals surface area (Å²) in [6.45, 7) is 2.54. The molecule has 0 aliphatic carbocycles. The van der Waals surface area contributed by atoms with E-state index in [0.29, 0.717) is 12.3 Å². The number of nitro benzene ring substituents is 1. The molecule has 0 bridgehead atoms. The Kier molecular flexibility index (Phi) is 5.54. The lowest BCUT2D eigenvalue weighted by molar-refractivity contribution is -0.386. The number of nitrogens with zero attached hydrogens (tertiary/aromatic N) is 1. The van der Waals surface area contributed by atoms with Gasteiger partial charge in [0.2, 0.25) is 0 Å². The monoisotopic (exact) mass is 316 g/mol. The first-order valence-corrected chi connectivity index (χ1v) is 7.29. The zero-order valence-electron chi connectivity index (χ0n) is 13.2. The lowest BCUT2D eigenvalue weighted by Crippen LogP contribution is -2.05. The fourth-order valence-corrected chi connectivity index (χ4v) is 2.31. The maximum Gasteiger partial charge on any atom is 0.311 e. The third-order valence-corrected chi connectivity index (χ3v) is 3.47. The quantitative estimate of drug-likeness (QED) is 0.626. The van der Waals surface area contributed by atoms with Crippen LogP contribution in [0.15, 0.2) is 36.4 Å². The SMILES string of the molecule is COc1ccc(CCN)cc1COc1ccc(C)cc1[N+](=O)[O-]. The van der Waals surface area contributed by atoms with Crippen LogP contribution in [-0.2, 0) is 13.0 Å². The normalized spacial score (nSPS) is 10.4. The lowest BCUT2D eigenvalue weighted by Gasteiger charge is -2.12. The lowest BCUT2D eigenvalue weighted by atomic mass is 10.1. The summed E-state index contributed by atoms with van der Waals surface area (Å²) < 4.78 is 11.0. The van der Waals surface area contributed by atoms with E-state index in [4.69, 9.17) is 15.2 Å². The van der Waals surface area contributed by atoms with E-state index in [0.717, 1.165) is 23.1 Å². The van der Waals surface area contributed by atoms with Gasteiger partial charge >= 0.3 is 5.69 Å². The molecule has 23 heavy (non-hydrogen) atoms. The van der Waals surface area contributed by atoms with Gasteiger partial charge in [-0.15, -0.1) is 0 Å². The Labute approximate surface area is 135 Å². The van der Waals surface area contributed by atoms with Gasteiger partial charge in [0.25, 0.3) is 0 Å². The first-order chi connectivity index (χ1) is 11.0. The summed E-state index contributed by atoms with van der Waals surface area (Å²) in [4.78, 5) is 10.7. The summed E-state index contributed by atoms with van der Waals surface area (Å²) in [5, 5.41) is 11.1. The molecule has 2 N–H and O–H groups in total. The number of rotatable bonds is 7. The van der Waals surface area contributed by atoms with Crippen molar-refractivity contribution in [2.24, 2.45) is 5.73 Å². The van der Waals surface area contributed by atoms with Crippen LogP contribution in [-0.4, -0.2) is 18.6 Å². The molecule has 2 aromatic carbocycles. The van der Waals surface area contributed by atoms with E-state index in [1.54, 1.807) is 26.2 Å². The molecule has 0 amide bonds. The number of nitrogens with two attached hydrogens (primary N) is 1. The Hall–Kier alpha value is -2.60. The van der Waals surface area contributed by atoms with Crippen LogP contribution in [0.2, 0.25) is 0 Å². The second-order valence-corrected chi connectivity index (χ2v) is 5.20. The standard InChI is InChI=1S/C17H20N2O4/c1-12-3-5-17(15(9-12)19(20)21)23-11-14-10-13(7-8-18)4-6-16(14)22-2/h3-6,9-10H,7-8,11,18H2,1-2H3. The molecule has 0 aliphatic rings. The Morgan fingerprint density at radius 2 is 1.91 bits per heavy atom. The van der Waals surface area contributed by atoms with Crippen molar-refractivity contribution in [2.75, 3.05) is 13.7 Å². The number of hydrogen-bond donors (Lipinski definition) is 1. The molecule has 6 nitrogen and oxygen atoms in total. The molecule has 0 saturated heterocycles. The van der Waals surface area contributed by atoms with E-state index in [2.05, 4.69) is 0 Å². The fourth-order valence-electron chi connectivity index (χ4n) is 2.31. The number of benzene rings is 2. The van der Waals surface area contributed by atoms with Gasteiger partial charge in [-0.1, -0.05) is 12.1 Å². The molecular formula is C17H20N2O4. The molecule has 0 unspecified atom stereocenters. The van der Waals surface area contributed by atoms with E-state index in [-0.39, 0.29) is 18.0 Å². The van der Waals surface area contributed by atoms with Crippen molar-refractivity contribution in [3.63, 3.8) is 0 Å². The zero-order chi connectivity index (χ0) is 16.8. The van der Waals surface area contributed by atoms with Crippen LogP contribution in [0.25, 0.3) is 0 Å². The highest BCUT2D eigenvalue weighted by Gasteiger charge is 2.16. The molecule has 0 aromatic heterocycles. The Balaban J connectivity index is 2.23. The second-order valence-electron chi connectivity index (χ2n) is 5.20. The predicted octanol–water partition coefficient (Wildman–Crippen LogP) is 2.99. The first-order valence-electron chi connectivity index (χ1n) is 7.29. The van der Waals surface area contributed by atoms with Gasteiger partial charge in [0.1, 0.15) is 12.4 Å². The van der Waals surface area contributed by atoms with E-state index >= 15 is 0 Å². The molecule has 6 heteroatoms. The molecular weight excluding hydrogens is 296 g/mol. The topological polar surface area (TPSA) is 87.6 Å². The van der Waals surface area contributed by atoms with Gasteiger partial charge in [0.05, 0.1) is 12.0 Å². The fraction of sp³-hybridized carbons (Fsp3) is 0.294. The van der Waals surface area contributed by atoms with Crippen molar-refractivity contribution in [2.45, 2.75) is 20.0 Å². The van der Waals surface area contributed by atoms with Gasteiger partial charge in [-0.3, -0.25) is 10.1 Å². The van der Waals surface area contributed by atoms with Gasteiger partial charge in [-0.05, 0) is 49.2 Å². The summed E-state index contributed by atoms with van der Waals surface area (Å²) in [6, 6.07) is 10.6. The molecule has 0 atom stereocenters. The number of ether oxygens (including phenoxy) is 2. The third-order valence-electron chi connectivity index (χ3n) is 3.47. The molecule has 0 saturated carbocycles. The van der Waals surface area contributed by atoms with E-state index < -0.39 is 4.92 Å². The van der Waals surface area contributed by atoms with Crippen LogP contribution >= 0.6 is 0 Å². The largest absolute Gasteiger partial charge is 0.496 e. The van der Waals surface area contributed by atoms with Crippen molar-refractivity contribution in [1.29, 1.82) is 0 Å². The highest BCUT2D eigenvalue weighted by Crippen LogP contribution is 2.30. The van der Waals surface area contributed by atoms with Gasteiger partial charge in [0, 0.05) is 11.6 Å². The maximum atomic E-state index is 11.1. The summed E-state index contributed by atoms with van der Waals surface area (Å²) in [5.74, 6) is 0.924. The minimum Gasteiger partial charge on any atom is -0.496 e. The first kappa shape index (κ1) is 16.8. The van der Waals surface area contributed by atoms with Gasteiger partial charge in [-0.2, -0.15) is 0 Å². The summed E-state index contributed by atoms with van der Waals surface area (Å²) >= 11 is 0. The van der Waals surface area contributed by atoms with E-state index in [9.17, 15) is 10.1 Å². The van der Waals surface area contributed by atoms with Crippen molar-refractivity contribution in [3.8, 4) is 11.5 Å². The number of nitro groups is 1. The third kappa shape index (κ3) is 4.20. The summed E-state index contributed by atoms with van der Waals surface area (Å²) in [7, 11) is 1.58. The summed E-state index contributed by atoms with van der Waals surface area (Å²) in [6.07, 6.45) is 0.752. The highest BCUT2D eigenvalue weighted by molar-refractivity contribution is 5.48. The molecule has 122 valence electrons. The molecule has 0 radical (unpaired) electrons. The van der Waals surface area contributed by atoms with Gasteiger partial charge in [0.15, 0.2) is 5.75 Å². The Morgan fingerprint density at radius 3 is 2.57 bits per heavy atom. The summed E-state index contributed by atoms with van der Waals surface area (Å²) in [5.41, 5.74) is 8.25. The zero-order valence-corrected chi connectivity index (χ0v) is 13.2. The average Bonchev–Trinajstić information content (AvgIpc) is 2.54. The molecule has 0 aliphatic heterocycles.